The van der Waals surface area contributed by atoms with Crippen molar-refractivity contribution < 1.29 is 29.7 Å². The van der Waals surface area contributed by atoms with Gasteiger partial charge < -0.3 is 15.3 Å². The molecule has 158 valence electrons. The number of hydrogen-bond donors (Lipinski definition) is 3. The lowest BCUT2D eigenvalue weighted by Gasteiger charge is -2.57. The second-order valence-electron chi connectivity index (χ2n) is 9.88. The summed E-state index contributed by atoms with van der Waals surface area (Å²) in [6.07, 6.45) is 6.52. The van der Waals surface area contributed by atoms with E-state index in [0.717, 1.165) is 37.7 Å². The number of aliphatic hydroxyl groups excluding tert-OH is 2. The lowest BCUT2D eigenvalue weighted by atomic mass is 9.47. The second-order valence-corrected chi connectivity index (χ2v) is 9.88. The van der Waals surface area contributed by atoms with Crippen LogP contribution in [0.25, 0.3) is 0 Å². The van der Waals surface area contributed by atoms with Crippen LogP contribution in [0.2, 0.25) is 0 Å². The minimum Gasteiger partial charge on any atom is -0.507 e. The summed E-state index contributed by atoms with van der Waals surface area (Å²) in [5.41, 5.74) is 0.0585. The third-order valence-electron chi connectivity index (χ3n) is 8.82. The van der Waals surface area contributed by atoms with Crippen molar-refractivity contribution in [2.45, 2.75) is 65.2 Å². The summed E-state index contributed by atoms with van der Waals surface area (Å²) in [7, 11) is 0. The molecule has 0 amide bonds. The van der Waals surface area contributed by atoms with Gasteiger partial charge in [-0.05, 0) is 74.7 Å². The van der Waals surface area contributed by atoms with Crippen molar-refractivity contribution in [3.8, 4) is 0 Å². The monoisotopic (exact) mass is 402 g/mol. The predicted octanol–water partition coefficient (Wildman–Crippen LogP) is 4.12. The quantitative estimate of drug-likeness (QED) is 0.652. The van der Waals surface area contributed by atoms with Crippen LogP contribution < -0.4 is 0 Å². The molecular formula is C23H30O6. The van der Waals surface area contributed by atoms with Crippen molar-refractivity contribution in [2.24, 2.45) is 34.5 Å². The summed E-state index contributed by atoms with van der Waals surface area (Å²) < 4.78 is 0. The van der Waals surface area contributed by atoms with Gasteiger partial charge in [-0.25, -0.2) is 0 Å². The summed E-state index contributed by atoms with van der Waals surface area (Å²) >= 11 is 0. The molecular weight excluding hydrogens is 372 g/mol. The number of carbonyl (C=O) groups is 3. The van der Waals surface area contributed by atoms with Crippen molar-refractivity contribution in [3.63, 3.8) is 0 Å². The molecule has 0 aromatic carbocycles. The molecule has 0 spiro atoms. The maximum Gasteiger partial charge on any atom is 0.303 e. The van der Waals surface area contributed by atoms with Crippen LogP contribution in [-0.2, 0) is 14.4 Å². The molecule has 4 aliphatic rings. The van der Waals surface area contributed by atoms with Crippen LogP contribution in [0.15, 0.2) is 23.2 Å². The van der Waals surface area contributed by atoms with Gasteiger partial charge in [0.25, 0.3) is 0 Å². The molecule has 4 rings (SSSR count). The molecule has 0 saturated heterocycles. The van der Waals surface area contributed by atoms with Gasteiger partial charge in [0.2, 0.25) is 11.5 Å². The van der Waals surface area contributed by atoms with E-state index in [1.54, 1.807) is 0 Å². The first kappa shape index (κ1) is 20.2. The van der Waals surface area contributed by atoms with Crippen LogP contribution in [0.3, 0.4) is 0 Å². The summed E-state index contributed by atoms with van der Waals surface area (Å²) in [5.74, 6) is -1.41. The molecule has 0 aromatic rings. The molecule has 29 heavy (non-hydrogen) atoms. The van der Waals surface area contributed by atoms with Gasteiger partial charge in [-0.3, -0.25) is 14.4 Å². The van der Waals surface area contributed by atoms with Crippen molar-refractivity contribution in [1.29, 1.82) is 0 Å². The molecule has 6 nitrogen and oxygen atoms in total. The first-order chi connectivity index (χ1) is 13.6. The average molecular weight is 402 g/mol. The lowest BCUT2D eigenvalue weighted by molar-refractivity contribution is -0.140. The lowest BCUT2D eigenvalue weighted by Crippen LogP contribution is -2.52. The summed E-state index contributed by atoms with van der Waals surface area (Å²) in [5, 5.41) is 29.8. The number of carboxylic acid groups (broad SMARTS) is 1. The number of ketones is 2. The highest BCUT2D eigenvalue weighted by molar-refractivity contribution is 6.04. The van der Waals surface area contributed by atoms with Crippen molar-refractivity contribution in [2.75, 3.05) is 0 Å². The minimum absolute atomic E-state index is 0.0714. The number of Topliss-reactive ketones (excluding diaryl/α,β-unsaturated/α-hetero) is 1. The van der Waals surface area contributed by atoms with E-state index >= 15 is 0 Å². The fourth-order valence-corrected chi connectivity index (χ4v) is 7.30. The topological polar surface area (TPSA) is 112 Å². The fourth-order valence-electron chi connectivity index (χ4n) is 7.30. The smallest absolute Gasteiger partial charge is 0.303 e. The van der Waals surface area contributed by atoms with E-state index < -0.39 is 22.9 Å². The van der Waals surface area contributed by atoms with E-state index in [9.17, 15) is 24.6 Å². The molecule has 3 N–H and O–H groups in total. The largest absolute Gasteiger partial charge is 0.507 e. The van der Waals surface area contributed by atoms with Gasteiger partial charge in [-0.15, -0.1) is 0 Å². The van der Waals surface area contributed by atoms with Crippen LogP contribution in [0.5, 0.6) is 0 Å². The van der Waals surface area contributed by atoms with Gasteiger partial charge in [0.05, 0.1) is 11.8 Å². The van der Waals surface area contributed by atoms with Crippen LogP contribution in [0.1, 0.15) is 65.2 Å². The number of aliphatic hydroxyl groups is 2. The number of rotatable bonds is 4. The van der Waals surface area contributed by atoms with Crippen LogP contribution in [0, 0.1) is 34.5 Å². The van der Waals surface area contributed by atoms with Crippen molar-refractivity contribution in [1.82, 2.24) is 0 Å². The molecule has 0 radical (unpaired) electrons. The summed E-state index contributed by atoms with van der Waals surface area (Å²) in [6.45, 7) is 4.14. The van der Waals surface area contributed by atoms with Gasteiger partial charge in [0, 0.05) is 12.3 Å². The Morgan fingerprint density at radius 3 is 2.48 bits per heavy atom. The molecule has 0 bridgehead atoms. The molecule has 3 fully saturated rings. The van der Waals surface area contributed by atoms with Gasteiger partial charge in [0.15, 0.2) is 0 Å². The Hall–Kier alpha value is -2.11. The molecule has 6 atom stereocenters. The Morgan fingerprint density at radius 1 is 1.07 bits per heavy atom. The van der Waals surface area contributed by atoms with E-state index in [2.05, 4.69) is 6.92 Å². The zero-order chi connectivity index (χ0) is 21.1. The van der Waals surface area contributed by atoms with Crippen LogP contribution in [0.4, 0.5) is 0 Å². The average Bonchev–Trinajstić information content (AvgIpc) is 3.03. The zero-order valence-corrected chi connectivity index (χ0v) is 17.1. The Labute approximate surface area is 170 Å². The van der Waals surface area contributed by atoms with Gasteiger partial charge in [-0.1, -0.05) is 12.5 Å². The van der Waals surface area contributed by atoms with E-state index in [1.165, 1.54) is 6.08 Å². The molecule has 0 aliphatic heterocycles. The number of carbonyl (C=O) groups excluding carboxylic acids is 2. The van der Waals surface area contributed by atoms with Crippen LogP contribution in [-0.4, -0.2) is 32.9 Å². The first-order valence-corrected chi connectivity index (χ1v) is 10.7. The molecule has 0 unspecified atom stereocenters. The number of fused-ring (bicyclic) bond motifs is 5. The minimum atomic E-state index is -0.935. The third-order valence-corrected chi connectivity index (χ3v) is 8.82. The zero-order valence-electron chi connectivity index (χ0n) is 17.1. The van der Waals surface area contributed by atoms with E-state index in [4.69, 9.17) is 5.11 Å². The van der Waals surface area contributed by atoms with Crippen LogP contribution >= 0.6 is 0 Å². The second kappa shape index (κ2) is 6.71. The number of allylic oxidation sites excluding steroid dienone is 2. The highest BCUT2D eigenvalue weighted by atomic mass is 16.4. The van der Waals surface area contributed by atoms with E-state index in [-0.39, 0.29) is 41.6 Å². The molecule has 4 aliphatic carbocycles. The summed E-state index contributed by atoms with van der Waals surface area (Å²) in [4.78, 5) is 35.7. The Morgan fingerprint density at radius 2 is 1.79 bits per heavy atom. The maximum atomic E-state index is 12.8. The Kier molecular flexibility index (Phi) is 4.67. The van der Waals surface area contributed by atoms with E-state index in [1.807, 2.05) is 6.92 Å². The standard InChI is InChI=1S/C23H30O6/c1-22-10-9-15-13(14(22)5-6-16(22)17(24)7-8-19(26)27)4-3-12-11-18(25)20(28)21(29)23(12,15)2/h11,13-16,28-29H,3-10H2,1-2H3,(H,26,27)/t13-,14-,15-,16+,22-,23-/m0/s1. The predicted molar refractivity (Wildman–Crippen MR) is 105 cm³/mol. The SMILES string of the molecule is C[C@@]12C(=CC(=O)C(O)=C1O)CC[C@@H]1[C@@H]2CC[C@]2(C)[C@@H](C(=O)CCC(=O)O)CC[C@@H]12. The first-order valence-electron chi connectivity index (χ1n) is 10.7. The number of hydrogen-bond acceptors (Lipinski definition) is 5. The van der Waals surface area contributed by atoms with Crippen molar-refractivity contribution in [3.05, 3.63) is 23.2 Å². The highest BCUT2D eigenvalue weighted by Gasteiger charge is 2.61. The Balaban J connectivity index is 1.62. The van der Waals surface area contributed by atoms with Gasteiger partial charge in [0.1, 0.15) is 11.5 Å². The Bertz CT molecular complexity index is 838. The third kappa shape index (κ3) is 2.78. The van der Waals surface area contributed by atoms with Crippen molar-refractivity contribution >= 4 is 17.5 Å². The summed E-state index contributed by atoms with van der Waals surface area (Å²) in [6, 6.07) is 0. The number of carboxylic acids is 1. The molecule has 6 heteroatoms. The molecule has 0 heterocycles. The molecule has 0 aromatic heterocycles. The van der Waals surface area contributed by atoms with Gasteiger partial charge >= 0.3 is 5.97 Å². The normalized spacial score (nSPS) is 41.3. The fraction of sp³-hybridized carbons (Fsp3) is 0.696. The highest BCUT2D eigenvalue weighted by Crippen LogP contribution is 2.67. The molecule has 3 saturated carbocycles. The maximum absolute atomic E-state index is 12.8. The van der Waals surface area contributed by atoms with E-state index in [0.29, 0.717) is 18.3 Å². The number of aliphatic carboxylic acids is 1. The van der Waals surface area contributed by atoms with Gasteiger partial charge in [-0.2, -0.15) is 0 Å².